The molecule has 0 radical (unpaired) electrons. The van der Waals surface area contributed by atoms with Crippen LogP contribution in [0.25, 0.3) is 21.3 Å². The minimum atomic E-state index is -1.24. The summed E-state index contributed by atoms with van der Waals surface area (Å²) in [7, 11) is 0. The van der Waals surface area contributed by atoms with E-state index in [2.05, 4.69) is 50.6 Å². The Hall–Kier alpha value is -9.94. The van der Waals surface area contributed by atoms with Gasteiger partial charge in [0.25, 0.3) is 11.8 Å². The third kappa shape index (κ3) is 16.5. The van der Waals surface area contributed by atoms with E-state index in [1.165, 1.54) is 11.3 Å². The number of para-hydroxylation sites is 1. The number of pyridine rings is 1. The van der Waals surface area contributed by atoms with Gasteiger partial charge in [0, 0.05) is 78.4 Å². The van der Waals surface area contributed by atoms with Gasteiger partial charge in [-0.3, -0.25) is 43.2 Å². The van der Waals surface area contributed by atoms with Gasteiger partial charge in [0.15, 0.2) is 22.5 Å². The zero-order valence-corrected chi connectivity index (χ0v) is 57.7. The smallest absolute Gasteiger partial charge is 0.410 e. The summed E-state index contributed by atoms with van der Waals surface area (Å²) in [5.41, 5.74) is 9.68. The van der Waals surface area contributed by atoms with Crippen LogP contribution < -0.4 is 37.2 Å². The Morgan fingerprint density at radius 3 is 2.27 bits per heavy atom. The number of carboxylic acids is 2. The van der Waals surface area contributed by atoms with Crippen molar-refractivity contribution < 1.29 is 67.6 Å². The Morgan fingerprint density at radius 2 is 1.57 bits per heavy atom. The highest BCUT2D eigenvalue weighted by Gasteiger charge is 2.66. The van der Waals surface area contributed by atoms with Crippen molar-refractivity contribution in [2.24, 2.45) is 27.9 Å². The predicted octanol–water partition coefficient (Wildman–Crippen LogP) is 7.69. The second-order valence-corrected chi connectivity index (χ2v) is 29.1. The maximum Gasteiger partial charge on any atom is 0.410 e. The van der Waals surface area contributed by atoms with Crippen molar-refractivity contribution in [1.29, 1.82) is 0 Å². The number of thiazole rings is 1. The highest BCUT2D eigenvalue weighted by molar-refractivity contribution is 7.22. The number of fused-ring (bicyclic) bond motifs is 2. The summed E-state index contributed by atoms with van der Waals surface area (Å²) in [5.74, 6) is -3.80. The molecule has 100 heavy (non-hydrogen) atoms. The molecule has 530 valence electrons. The number of rotatable bonds is 31. The number of hydrogen-bond donors (Lipinski definition) is 8. The van der Waals surface area contributed by atoms with E-state index in [4.69, 9.17) is 35.0 Å². The third-order valence-corrected chi connectivity index (χ3v) is 20.4. The third-order valence-electron chi connectivity index (χ3n) is 19.4. The van der Waals surface area contributed by atoms with Gasteiger partial charge in [-0.15, -0.1) is 10.2 Å². The second kappa shape index (κ2) is 29.9. The van der Waals surface area contributed by atoms with Crippen LogP contribution in [-0.2, 0) is 62.6 Å². The van der Waals surface area contributed by atoms with E-state index in [9.17, 15) is 53.4 Å². The van der Waals surface area contributed by atoms with Crippen molar-refractivity contribution in [3.05, 3.63) is 107 Å². The molecule has 4 fully saturated rings. The number of carboxylic acid groups (broad SMARTS) is 2. The standard InChI is InChI=1S/C70H85N15O14S/c1-41(2)57(78-53(86)23-28-97-29-27-84-54(87)21-22-55(84)88)62(92)75-50(13-9-24-72-64(71)95)61(91)74-45-17-15-44(16-18-45)33-98-66(96)82(32-56(89)90)26-30-99-70-37-67(5)34-68(6,38-70)36-69(35-67,39-70)40-85-43(4)48(31-73-85)47-19-20-52(77-58(47)63(93)94)83-25-10-11-46-42(3)59(80-81-60(46)83)79-65-76-49-12-7-8-14-51(49)100-65/h7-8,12,14-22,31,41,50,57H,9-11,13,23-30,32-40H2,1-6H3,(H,74,91)(H,75,92)(H,78,86)(H,89,90)(H,93,94)(H3,71,72,95)(H,76,79,80)/t50-,57-,67-,68+,69?,70?/m0/s1. The molecule has 2 aliphatic heterocycles. The molecule has 4 aliphatic carbocycles. The summed E-state index contributed by atoms with van der Waals surface area (Å²) >= 11 is 1.53. The Morgan fingerprint density at radius 1 is 0.830 bits per heavy atom. The number of aromatic carboxylic acids is 1. The van der Waals surface area contributed by atoms with E-state index >= 15 is 0 Å². The van der Waals surface area contributed by atoms with Crippen LogP contribution in [0.4, 0.5) is 37.9 Å². The number of hydrogen-bond acceptors (Lipinski definition) is 20. The minimum absolute atomic E-state index is 0.00775. The number of ether oxygens (including phenoxy) is 3. The highest BCUT2D eigenvalue weighted by atomic mass is 32.1. The molecule has 4 bridgehead atoms. The van der Waals surface area contributed by atoms with E-state index in [1.807, 2.05) is 53.8 Å². The molecule has 0 spiro atoms. The Labute approximate surface area is 581 Å². The van der Waals surface area contributed by atoms with Gasteiger partial charge in [-0.2, -0.15) is 5.10 Å². The molecule has 8 amide bonds. The summed E-state index contributed by atoms with van der Waals surface area (Å²) in [6.07, 6.45) is 10.0. The predicted molar refractivity (Wildman–Crippen MR) is 368 cm³/mol. The summed E-state index contributed by atoms with van der Waals surface area (Å²) in [6, 6.07) is 14.9. The molecule has 29 nitrogen and oxygen atoms in total. The van der Waals surface area contributed by atoms with Gasteiger partial charge in [-0.05, 0) is 142 Å². The molecule has 6 heterocycles. The maximum atomic E-state index is 13.8. The van der Waals surface area contributed by atoms with Crippen LogP contribution in [0.2, 0.25) is 0 Å². The van der Waals surface area contributed by atoms with Crippen molar-refractivity contribution in [3.8, 4) is 11.1 Å². The van der Waals surface area contributed by atoms with Crippen molar-refractivity contribution in [2.45, 2.75) is 143 Å². The van der Waals surface area contributed by atoms with Gasteiger partial charge in [-0.1, -0.05) is 63.3 Å². The molecule has 6 aromatic rings. The maximum absolute atomic E-state index is 13.8. The molecular weight excluding hydrogens is 1310 g/mol. The molecule has 2 aromatic carbocycles. The van der Waals surface area contributed by atoms with Crippen LogP contribution in [0, 0.1) is 36.0 Å². The summed E-state index contributed by atoms with van der Waals surface area (Å²) in [6.45, 7) is 12.3. The molecule has 6 aliphatic rings. The molecule has 4 aromatic heterocycles. The van der Waals surface area contributed by atoms with Gasteiger partial charge < -0.3 is 61.6 Å². The first-order valence-corrected chi connectivity index (χ1v) is 34.5. The van der Waals surface area contributed by atoms with E-state index < -0.39 is 83.7 Å². The SMILES string of the molecule is Cc1c(Nc2nc3ccccc3s2)nnc2c1CCCN2c1ccc(-c2cnn(CC34CC5(OCCN(CC(=O)O)C(=O)OCc6ccc(NC(=O)[C@H](CCCNC(N)=O)NC(=O)[C@@H](NC(=O)CCOCCN7C(=O)C=CC7=O)C(C)C)cc6)C[C@](C)(C3)C[C@](C)(C4)C5)c2C)c(C(=O)O)n1. The Balaban J connectivity index is 0.690. The van der Waals surface area contributed by atoms with Gasteiger partial charge in [0.1, 0.15) is 31.1 Å². The minimum Gasteiger partial charge on any atom is -0.480 e. The normalized spacial score (nSPS) is 21.0. The number of aliphatic carboxylic acids is 1. The number of amides is 8. The molecule has 4 saturated carbocycles. The molecule has 9 N–H and O–H groups in total. The van der Waals surface area contributed by atoms with Crippen LogP contribution in [0.15, 0.2) is 79.0 Å². The molecule has 6 atom stereocenters. The summed E-state index contributed by atoms with van der Waals surface area (Å²) < 4.78 is 21.1. The zero-order valence-electron chi connectivity index (χ0n) is 56.9. The zero-order chi connectivity index (χ0) is 71.3. The Bertz CT molecular complexity index is 4110. The summed E-state index contributed by atoms with van der Waals surface area (Å²) in [5, 5.41) is 49.7. The molecule has 2 unspecified atom stereocenters. The number of urea groups is 1. The first kappa shape index (κ1) is 71.3. The Kier molecular flexibility index (Phi) is 21.3. The lowest BCUT2D eigenvalue weighted by Crippen LogP contribution is -2.64. The lowest BCUT2D eigenvalue weighted by Gasteiger charge is -2.69. The van der Waals surface area contributed by atoms with Crippen LogP contribution in [0.5, 0.6) is 0 Å². The van der Waals surface area contributed by atoms with Gasteiger partial charge in [0.2, 0.25) is 17.7 Å². The summed E-state index contributed by atoms with van der Waals surface area (Å²) in [4.78, 5) is 128. The lowest BCUT2D eigenvalue weighted by molar-refractivity contribution is -0.248. The fourth-order valence-corrected chi connectivity index (χ4v) is 17.0. The number of nitrogens with one attached hydrogen (secondary N) is 5. The molecule has 0 saturated heterocycles. The number of nitrogens with zero attached hydrogens (tertiary/aromatic N) is 9. The average Bonchev–Trinajstić information content (AvgIpc) is 0.807. The van der Waals surface area contributed by atoms with Gasteiger partial charge >= 0.3 is 24.1 Å². The fraction of sp³-hybridized carbons (Fsp3) is 0.486. The first-order valence-electron chi connectivity index (χ1n) is 33.6. The van der Waals surface area contributed by atoms with Crippen molar-refractivity contribution in [1.82, 2.24) is 55.7 Å². The van der Waals surface area contributed by atoms with Crippen molar-refractivity contribution in [3.63, 3.8) is 0 Å². The van der Waals surface area contributed by atoms with Crippen LogP contribution in [0.1, 0.15) is 125 Å². The first-order chi connectivity index (χ1) is 47.7. The number of nitrogens with two attached hydrogens (primary N) is 1. The number of benzene rings is 2. The average molecular weight is 1390 g/mol. The van der Waals surface area contributed by atoms with E-state index in [-0.39, 0.29) is 87.3 Å². The molecule has 12 rings (SSSR count). The number of carbonyl (C=O) groups is 9. The van der Waals surface area contributed by atoms with Crippen LogP contribution in [0.3, 0.4) is 0 Å². The number of anilines is 5. The van der Waals surface area contributed by atoms with Crippen molar-refractivity contribution >= 4 is 103 Å². The quantitative estimate of drug-likeness (QED) is 0.0153. The number of aromatic nitrogens is 6. The highest BCUT2D eigenvalue weighted by Crippen LogP contribution is 2.72. The van der Waals surface area contributed by atoms with Crippen LogP contribution >= 0.6 is 11.3 Å². The topological polar surface area (TPSA) is 387 Å². The lowest BCUT2D eigenvalue weighted by atomic mass is 9.39. The monoisotopic (exact) mass is 1390 g/mol. The molecular formula is C70H85N15O14S. The fourth-order valence-electron chi connectivity index (χ4n) is 16.1. The van der Waals surface area contributed by atoms with Gasteiger partial charge in [0.05, 0.1) is 48.4 Å². The van der Waals surface area contributed by atoms with Crippen LogP contribution in [-0.4, -0.2) is 174 Å². The van der Waals surface area contributed by atoms with E-state index in [1.54, 1.807) is 50.4 Å². The number of carbonyl (C=O) groups excluding carboxylic acids is 7. The number of imide groups is 1. The van der Waals surface area contributed by atoms with Gasteiger partial charge in [-0.25, -0.2) is 24.4 Å². The van der Waals surface area contributed by atoms with E-state index in [0.29, 0.717) is 64.5 Å². The largest absolute Gasteiger partial charge is 0.480 e. The molecule has 30 heteroatoms. The number of primary amides is 1. The second-order valence-electron chi connectivity index (χ2n) is 28.1. The van der Waals surface area contributed by atoms with E-state index in [0.717, 1.165) is 93.9 Å². The van der Waals surface area contributed by atoms with Crippen molar-refractivity contribution in [2.75, 3.05) is 68.1 Å².